The van der Waals surface area contributed by atoms with Crippen LogP contribution in [0.1, 0.15) is 44.4 Å². The minimum atomic E-state index is 0.487. The molecule has 1 aromatic rings. The van der Waals surface area contributed by atoms with Crippen molar-refractivity contribution in [3.63, 3.8) is 0 Å². The maximum Gasteiger partial charge on any atom is 0.0318 e. The summed E-state index contributed by atoms with van der Waals surface area (Å²) in [6.07, 6.45) is 2.26. The lowest BCUT2D eigenvalue weighted by atomic mass is 10.0. The molecule has 0 heterocycles. The summed E-state index contributed by atoms with van der Waals surface area (Å²) in [5.74, 6) is 0. The van der Waals surface area contributed by atoms with E-state index in [1.54, 1.807) is 0 Å². The van der Waals surface area contributed by atoms with Crippen molar-refractivity contribution in [1.82, 2.24) is 10.2 Å². The molecule has 18 heavy (non-hydrogen) atoms. The van der Waals surface area contributed by atoms with Gasteiger partial charge in [0.2, 0.25) is 0 Å². The average Bonchev–Trinajstić information content (AvgIpc) is 2.43. The smallest absolute Gasteiger partial charge is 0.0318 e. The number of hydrogen-bond donors (Lipinski definition) is 1. The topological polar surface area (TPSA) is 15.3 Å². The van der Waals surface area contributed by atoms with Gasteiger partial charge in [-0.2, -0.15) is 0 Å². The second-order valence-electron chi connectivity index (χ2n) is 4.91. The fourth-order valence-corrected chi connectivity index (χ4v) is 2.07. The molecule has 0 saturated heterocycles. The molecule has 2 heteroatoms. The van der Waals surface area contributed by atoms with Crippen LogP contribution in [0.2, 0.25) is 0 Å². The van der Waals surface area contributed by atoms with Crippen molar-refractivity contribution < 1.29 is 0 Å². The normalized spacial score (nSPS) is 12.9. The lowest BCUT2D eigenvalue weighted by molar-refractivity contribution is 0.338. The summed E-state index contributed by atoms with van der Waals surface area (Å²) in [5.41, 5.74) is 2.83. The number of aryl methyl sites for hydroxylation is 1. The molecule has 0 bridgehead atoms. The number of rotatable bonds is 8. The first-order valence-corrected chi connectivity index (χ1v) is 7.22. The number of benzene rings is 1. The summed E-state index contributed by atoms with van der Waals surface area (Å²) < 4.78 is 0. The van der Waals surface area contributed by atoms with Crippen molar-refractivity contribution in [1.29, 1.82) is 0 Å². The van der Waals surface area contributed by atoms with E-state index < -0.39 is 0 Å². The third-order valence-electron chi connectivity index (χ3n) is 3.62. The molecule has 0 aromatic heterocycles. The molecule has 0 aliphatic rings. The highest BCUT2D eigenvalue weighted by Gasteiger charge is 2.08. The monoisotopic (exact) mass is 248 g/mol. The summed E-state index contributed by atoms with van der Waals surface area (Å²) in [5, 5.41) is 3.65. The first kappa shape index (κ1) is 15.2. The lowest BCUT2D eigenvalue weighted by Crippen LogP contribution is -2.31. The fraction of sp³-hybridized carbons (Fsp3) is 0.625. The van der Waals surface area contributed by atoms with Crippen LogP contribution in [0.25, 0.3) is 0 Å². The van der Waals surface area contributed by atoms with Gasteiger partial charge in [0.05, 0.1) is 0 Å². The Morgan fingerprint density at radius 1 is 1.11 bits per heavy atom. The Balaban J connectivity index is 2.49. The van der Waals surface area contributed by atoms with Crippen molar-refractivity contribution >= 4 is 0 Å². The zero-order valence-corrected chi connectivity index (χ0v) is 12.4. The standard InChI is InChI=1S/C16H28N2/c1-5-14-8-10-15(11-9-14)16(6-2)17-12-13-18(4)7-3/h8-11,16-17H,5-7,12-13H2,1-4H3. The van der Waals surface area contributed by atoms with Crippen LogP contribution < -0.4 is 5.32 Å². The van der Waals surface area contributed by atoms with E-state index in [-0.39, 0.29) is 0 Å². The van der Waals surface area contributed by atoms with Gasteiger partial charge in [-0.1, -0.05) is 45.0 Å². The summed E-state index contributed by atoms with van der Waals surface area (Å²) in [6, 6.07) is 9.52. The molecule has 2 nitrogen and oxygen atoms in total. The Morgan fingerprint density at radius 3 is 2.28 bits per heavy atom. The van der Waals surface area contributed by atoms with Crippen LogP contribution in [-0.4, -0.2) is 31.6 Å². The fourth-order valence-electron chi connectivity index (χ4n) is 2.07. The van der Waals surface area contributed by atoms with Crippen LogP contribution >= 0.6 is 0 Å². The summed E-state index contributed by atoms with van der Waals surface area (Å²) in [7, 11) is 2.17. The van der Waals surface area contributed by atoms with Crippen molar-refractivity contribution in [3.05, 3.63) is 35.4 Å². The van der Waals surface area contributed by atoms with Crippen LogP contribution in [-0.2, 0) is 6.42 Å². The average molecular weight is 248 g/mol. The van der Waals surface area contributed by atoms with Gasteiger partial charge in [0.15, 0.2) is 0 Å². The quantitative estimate of drug-likeness (QED) is 0.760. The van der Waals surface area contributed by atoms with E-state index in [0.717, 1.165) is 32.5 Å². The molecule has 0 spiro atoms. The van der Waals surface area contributed by atoms with E-state index in [0.29, 0.717) is 6.04 Å². The van der Waals surface area contributed by atoms with Crippen LogP contribution in [0.15, 0.2) is 24.3 Å². The molecule has 0 fully saturated rings. The SMILES string of the molecule is CCc1ccc(C(CC)NCCN(C)CC)cc1. The van der Waals surface area contributed by atoms with Gasteiger partial charge in [-0.3, -0.25) is 0 Å². The number of hydrogen-bond acceptors (Lipinski definition) is 2. The van der Waals surface area contributed by atoms with Crippen LogP contribution in [0.5, 0.6) is 0 Å². The third-order valence-corrected chi connectivity index (χ3v) is 3.62. The van der Waals surface area contributed by atoms with Gasteiger partial charge in [-0.05, 0) is 37.6 Å². The molecule has 0 aliphatic carbocycles. The number of likely N-dealkylation sites (N-methyl/N-ethyl adjacent to an activating group) is 1. The van der Waals surface area contributed by atoms with Crippen LogP contribution in [0.3, 0.4) is 0 Å². The first-order valence-electron chi connectivity index (χ1n) is 7.22. The summed E-state index contributed by atoms with van der Waals surface area (Å²) >= 11 is 0. The second kappa shape index (κ2) is 8.28. The Hall–Kier alpha value is -0.860. The molecule has 1 aromatic carbocycles. The second-order valence-corrected chi connectivity index (χ2v) is 4.91. The number of nitrogens with zero attached hydrogens (tertiary/aromatic N) is 1. The van der Waals surface area contributed by atoms with E-state index in [4.69, 9.17) is 0 Å². The summed E-state index contributed by atoms with van der Waals surface area (Å²) in [4.78, 5) is 2.33. The zero-order valence-electron chi connectivity index (χ0n) is 12.4. The highest BCUT2D eigenvalue weighted by Crippen LogP contribution is 2.17. The van der Waals surface area contributed by atoms with E-state index in [9.17, 15) is 0 Å². The Kier molecular flexibility index (Phi) is 6.99. The largest absolute Gasteiger partial charge is 0.309 e. The van der Waals surface area contributed by atoms with Crippen LogP contribution in [0, 0.1) is 0 Å². The molecule has 0 amide bonds. The van der Waals surface area contributed by atoms with Gasteiger partial charge in [-0.15, -0.1) is 0 Å². The zero-order chi connectivity index (χ0) is 13.4. The van der Waals surface area contributed by atoms with Crippen molar-refractivity contribution in [2.75, 3.05) is 26.7 Å². The molecular weight excluding hydrogens is 220 g/mol. The van der Waals surface area contributed by atoms with E-state index in [1.807, 2.05) is 0 Å². The van der Waals surface area contributed by atoms with Gasteiger partial charge < -0.3 is 10.2 Å². The van der Waals surface area contributed by atoms with Gasteiger partial charge in [0, 0.05) is 19.1 Å². The lowest BCUT2D eigenvalue weighted by Gasteiger charge is -2.20. The summed E-state index contributed by atoms with van der Waals surface area (Å²) in [6.45, 7) is 9.92. The highest BCUT2D eigenvalue weighted by atomic mass is 15.1. The Labute approximate surface area is 112 Å². The molecule has 1 rings (SSSR count). The maximum absolute atomic E-state index is 3.65. The first-order chi connectivity index (χ1) is 8.71. The molecule has 102 valence electrons. The molecule has 1 N–H and O–H groups in total. The van der Waals surface area contributed by atoms with Crippen molar-refractivity contribution in [3.8, 4) is 0 Å². The molecule has 0 aliphatic heterocycles. The van der Waals surface area contributed by atoms with E-state index >= 15 is 0 Å². The Bertz CT molecular complexity index is 318. The molecule has 1 atom stereocenters. The molecular formula is C16H28N2. The molecule has 0 saturated carbocycles. The third kappa shape index (κ3) is 4.79. The Morgan fingerprint density at radius 2 is 1.78 bits per heavy atom. The number of nitrogens with one attached hydrogen (secondary N) is 1. The highest BCUT2D eigenvalue weighted by molar-refractivity contribution is 5.24. The van der Waals surface area contributed by atoms with Crippen molar-refractivity contribution in [2.45, 2.75) is 39.7 Å². The minimum absolute atomic E-state index is 0.487. The van der Waals surface area contributed by atoms with Gasteiger partial charge in [-0.25, -0.2) is 0 Å². The van der Waals surface area contributed by atoms with Crippen molar-refractivity contribution in [2.24, 2.45) is 0 Å². The predicted molar refractivity (Wildman–Crippen MR) is 80.0 cm³/mol. The van der Waals surface area contributed by atoms with Gasteiger partial charge in [0.1, 0.15) is 0 Å². The van der Waals surface area contributed by atoms with Crippen LogP contribution in [0.4, 0.5) is 0 Å². The van der Waals surface area contributed by atoms with E-state index in [1.165, 1.54) is 11.1 Å². The van der Waals surface area contributed by atoms with E-state index in [2.05, 4.69) is 62.3 Å². The predicted octanol–water partition coefficient (Wildman–Crippen LogP) is 3.24. The van der Waals surface area contributed by atoms with Gasteiger partial charge in [0.25, 0.3) is 0 Å². The molecule has 0 radical (unpaired) electrons. The molecule has 1 unspecified atom stereocenters. The van der Waals surface area contributed by atoms with Gasteiger partial charge >= 0.3 is 0 Å². The minimum Gasteiger partial charge on any atom is -0.309 e. The maximum atomic E-state index is 3.65.